The summed E-state index contributed by atoms with van der Waals surface area (Å²) >= 11 is 0. The van der Waals surface area contributed by atoms with Crippen molar-refractivity contribution in [3.63, 3.8) is 0 Å². The lowest BCUT2D eigenvalue weighted by Crippen LogP contribution is -2.25. The Morgan fingerprint density at radius 3 is 2.58 bits per heavy atom. The average Bonchev–Trinajstić information content (AvgIpc) is 2.76. The number of carbonyl (C=O) groups is 1. The van der Waals surface area contributed by atoms with Crippen LogP contribution in [0.2, 0.25) is 0 Å². The maximum atomic E-state index is 12.1. The normalized spacial score (nSPS) is 13.5. The van der Waals surface area contributed by atoms with Crippen molar-refractivity contribution < 1.29 is 9.53 Å². The van der Waals surface area contributed by atoms with Gasteiger partial charge in [-0.05, 0) is 29.3 Å². The monoisotopic (exact) mass is 253 g/mol. The number of anilines is 1. The third-order valence-electron chi connectivity index (χ3n) is 3.42. The Morgan fingerprint density at radius 1 is 1.11 bits per heavy atom. The maximum Gasteiger partial charge on any atom is 0.231 e. The number of rotatable bonds is 3. The Hall–Kier alpha value is -2.29. The van der Waals surface area contributed by atoms with Crippen molar-refractivity contribution in [1.29, 1.82) is 0 Å². The molecule has 2 aromatic carbocycles. The quantitative estimate of drug-likeness (QED) is 0.841. The molecule has 1 amide bonds. The van der Waals surface area contributed by atoms with Crippen LogP contribution in [0.5, 0.6) is 5.75 Å². The molecule has 3 rings (SSSR count). The maximum absolute atomic E-state index is 12.1. The molecule has 0 radical (unpaired) electrons. The molecule has 0 atom stereocenters. The summed E-state index contributed by atoms with van der Waals surface area (Å²) in [6.07, 6.45) is 0.506. The highest BCUT2D eigenvalue weighted by Crippen LogP contribution is 2.30. The highest BCUT2D eigenvalue weighted by molar-refractivity contribution is 6.01. The van der Waals surface area contributed by atoms with Gasteiger partial charge in [0.05, 0.1) is 20.1 Å². The molecule has 0 N–H and O–H groups in total. The van der Waals surface area contributed by atoms with Gasteiger partial charge in [0.25, 0.3) is 0 Å². The van der Waals surface area contributed by atoms with Crippen molar-refractivity contribution in [1.82, 2.24) is 0 Å². The van der Waals surface area contributed by atoms with E-state index in [1.54, 1.807) is 7.11 Å². The van der Waals surface area contributed by atoms with E-state index < -0.39 is 0 Å². The van der Waals surface area contributed by atoms with E-state index in [0.29, 0.717) is 13.0 Å². The van der Waals surface area contributed by atoms with Crippen molar-refractivity contribution >= 4 is 11.6 Å². The Kier molecular flexibility index (Phi) is 2.95. The molecule has 1 heterocycles. The zero-order valence-corrected chi connectivity index (χ0v) is 10.8. The minimum Gasteiger partial charge on any atom is -0.497 e. The number of nitrogens with zero attached hydrogens (tertiary/aromatic N) is 1. The van der Waals surface area contributed by atoms with E-state index >= 15 is 0 Å². The van der Waals surface area contributed by atoms with Crippen molar-refractivity contribution in [3.8, 4) is 5.75 Å². The lowest BCUT2D eigenvalue weighted by Gasteiger charge is -2.17. The first-order valence-electron chi connectivity index (χ1n) is 6.29. The van der Waals surface area contributed by atoms with E-state index in [4.69, 9.17) is 4.74 Å². The van der Waals surface area contributed by atoms with Crippen LogP contribution in [0.3, 0.4) is 0 Å². The van der Waals surface area contributed by atoms with E-state index in [-0.39, 0.29) is 5.91 Å². The van der Waals surface area contributed by atoms with Crippen LogP contribution in [0.1, 0.15) is 11.1 Å². The molecule has 3 nitrogen and oxygen atoms in total. The fourth-order valence-electron chi connectivity index (χ4n) is 2.40. The van der Waals surface area contributed by atoms with E-state index in [0.717, 1.165) is 22.6 Å². The molecular formula is C16H15NO2. The van der Waals surface area contributed by atoms with Gasteiger partial charge in [-0.25, -0.2) is 0 Å². The van der Waals surface area contributed by atoms with Gasteiger partial charge in [0.1, 0.15) is 5.75 Å². The summed E-state index contributed by atoms with van der Waals surface area (Å²) in [4.78, 5) is 13.9. The fourth-order valence-corrected chi connectivity index (χ4v) is 2.40. The van der Waals surface area contributed by atoms with Crippen molar-refractivity contribution in [3.05, 3.63) is 59.7 Å². The topological polar surface area (TPSA) is 29.5 Å². The van der Waals surface area contributed by atoms with Crippen molar-refractivity contribution in [2.24, 2.45) is 0 Å². The van der Waals surface area contributed by atoms with Gasteiger partial charge in [-0.1, -0.05) is 30.3 Å². The van der Waals surface area contributed by atoms with Crippen LogP contribution in [-0.2, 0) is 17.8 Å². The largest absolute Gasteiger partial charge is 0.497 e. The number of amides is 1. The summed E-state index contributed by atoms with van der Waals surface area (Å²) in [5.74, 6) is 0.994. The van der Waals surface area contributed by atoms with E-state index in [9.17, 15) is 4.79 Å². The minimum absolute atomic E-state index is 0.164. The summed E-state index contributed by atoms with van der Waals surface area (Å²) in [6, 6.07) is 15.8. The van der Waals surface area contributed by atoms with Crippen LogP contribution in [0.25, 0.3) is 0 Å². The molecule has 0 spiro atoms. The van der Waals surface area contributed by atoms with Crippen molar-refractivity contribution in [2.45, 2.75) is 13.0 Å². The third kappa shape index (κ3) is 2.19. The number of para-hydroxylation sites is 1. The first kappa shape index (κ1) is 11.8. The number of hydrogen-bond donors (Lipinski definition) is 0. The van der Waals surface area contributed by atoms with Gasteiger partial charge in [-0.3, -0.25) is 4.79 Å². The summed E-state index contributed by atoms with van der Waals surface area (Å²) in [5, 5.41) is 0. The molecule has 0 bridgehead atoms. The number of methoxy groups -OCH3 is 1. The van der Waals surface area contributed by atoms with E-state index in [2.05, 4.69) is 0 Å². The van der Waals surface area contributed by atoms with E-state index in [1.165, 1.54) is 0 Å². The number of fused-ring (bicyclic) bond motifs is 1. The molecule has 2 aromatic rings. The Labute approximate surface area is 112 Å². The van der Waals surface area contributed by atoms with Crippen LogP contribution >= 0.6 is 0 Å². The molecule has 0 aromatic heterocycles. The Morgan fingerprint density at radius 2 is 1.84 bits per heavy atom. The van der Waals surface area contributed by atoms with Crippen molar-refractivity contribution in [2.75, 3.05) is 12.0 Å². The van der Waals surface area contributed by atoms with Gasteiger partial charge in [-0.15, -0.1) is 0 Å². The summed E-state index contributed by atoms with van der Waals surface area (Å²) in [6.45, 7) is 0.611. The van der Waals surface area contributed by atoms with Crippen LogP contribution in [-0.4, -0.2) is 13.0 Å². The summed E-state index contributed by atoms with van der Waals surface area (Å²) < 4.78 is 5.14. The fraction of sp³-hybridized carbons (Fsp3) is 0.188. The summed E-state index contributed by atoms with van der Waals surface area (Å²) in [5.41, 5.74) is 3.25. The molecule has 0 aliphatic carbocycles. The molecule has 3 heteroatoms. The van der Waals surface area contributed by atoms with Crippen LogP contribution in [0, 0.1) is 0 Å². The lowest BCUT2D eigenvalue weighted by atomic mass is 10.1. The molecule has 0 fully saturated rings. The predicted molar refractivity (Wildman–Crippen MR) is 74.3 cm³/mol. The number of benzene rings is 2. The van der Waals surface area contributed by atoms with Crippen LogP contribution < -0.4 is 9.64 Å². The molecule has 96 valence electrons. The first-order valence-corrected chi connectivity index (χ1v) is 6.29. The lowest BCUT2D eigenvalue weighted by molar-refractivity contribution is -0.117. The highest BCUT2D eigenvalue weighted by Gasteiger charge is 2.26. The van der Waals surface area contributed by atoms with Gasteiger partial charge in [0, 0.05) is 5.69 Å². The number of ether oxygens (including phenoxy) is 1. The second kappa shape index (κ2) is 4.76. The zero-order valence-electron chi connectivity index (χ0n) is 10.8. The standard InChI is InChI=1S/C16H15NO2/c1-19-14-8-6-12(7-9-14)11-17-15-5-3-2-4-13(15)10-16(17)18/h2-9H,10-11H2,1H3. The average molecular weight is 253 g/mol. The highest BCUT2D eigenvalue weighted by atomic mass is 16.5. The molecule has 1 aliphatic heterocycles. The zero-order chi connectivity index (χ0) is 13.2. The molecule has 1 aliphatic rings. The molecule has 0 saturated carbocycles. The number of hydrogen-bond acceptors (Lipinski definition) is 2. The smallest absolute Gasteiger partial charge is 0.231 e. The first-order chi connectivity index (χ1) is 9.28. The SMILES string of the molecule is COc1ccc(CN2C(=O)Cc3ccccc32)cc1. The van der Waals surface area contributed by atoms with Crippen LogP contribution in [0.15, 0.2) is 48.5 Å². The molecule has 19 heavy (non-hydrogen) atoms. The number of carbonyl (C=O) groups excluding carboxylic acids is 1. The molecule has 0 saturated heterocycles. The van der Waals surface area contributed by atoms with Gasteiger partial charge in [0.15, 0.2) is 0 Å². The Bertz CT molecular complexity index is 604. The van der Waals surface area contributed by atoms with Gasteiger partial charge < -0.3 is 9.64 Å². The van der Waals surface area contributed by atoms with E-state index in [1.807, 2.05) is 53.4 Å². The third-order valence-corrected chi connectivity index (χ3v) is 3.42. The van der Waals surface area contributed by atoms with Crippen LogP contribution in [0.4, 0.5) is 5.69 Å². The minimum atomic E-state index is 0.164. The summed E-state index contributed by atoms with van der Waals surface area (Å²) in [7, 11) is 1.65. The second-order valence-electron chi connectivity index (χ2n) is 4.63. The Balaban J connectivity index is 1.84. The molecular weight excluding hydrogens is 238 g/mol. The van der Waals surface area contributed by atoms with Gasteiger partial charge >= 0.3 is 0 Å². The molecule has 0 unspecified atom stereocenters. The second-order valence-corrected chi connectivity index (χ2v) is 4.63. The predicted octanol–water partition coefficient (Wildman–Crippen LogP) is 2.78. The van der Waals surface area contributed by atoms with Gasteiger partial charge in [0.2, 0.25) is 5.91 Å². The van der Waals surface area contributed by atoms with Gasteiger partial charge in [-0.2, -0.15) is 0 Å².